The summed E-state index contributed by atoms with van der Waals surface area (Å²) in [5.41, 5.74) is -0.413. The molecule has 1 aromatic heterocycles. The minimum atomic E-state index is -1.00. The zero-order valence-electron chi connectivity index (χ0n) is 11.0. The first-order valence-corrected chi connectivity index (χ1v) is 7.48. The third-order valence-electron chi connectivity index (χ3n) is 3.86. The standard InChI is InChI=1S/C14H19NO3S/c1-14(7-3-2-4-8-14)13(18)15-11(12(16)17)10-6-5-9-19-10/h5-6,9,11H,2-4,7-8H2,1H3,(H,15,18)(H,16,17). The summed E-state index contributed by atoms with van der Waals surface area (Å²) in [5.74, 6) is -1.14. The van der Waals surface area contributed by atoms with Crippen LogP contribution >= 0.6 is 11.3 Å². The summed E-state index contributed by atoms with van der Waals surface area (Å²) in [6.07, 6.45) is 4.93. The lowest BCUT2D eigenvalue weighted by Gasteiger charge is -2.33. The van der Waals surface area contributed by atoms with Crippen LogP contribution in [0.1, 0.15) is 49.9 Å². The van der Waals surface area contributed by atoms with Crippen molar-refractivity contribution in [3.8, 4) is 0 Å². The average Bonchev–Trinajstić information content (AvgIpc) is 2.89. The van der Waals surface area contributed by atoms with Crippen molar-refractivity contribution < 1.29 is 14.7 Å². The Morgan fingerprint density at radius 3 is 2.58 bits per heavy atom. The molecular formula is C14H19NO3S. The molecule has 1 fully saturated rings. The maximum absolute atomic E-state index is 12.4. The van der Waals surface area contributed by atoms with Gasteiger partial charge in [0.05, 0.1) is 0 Å². The van der Waals surface area contributed by atoms with Crippen molar-refractivity contribution >= 4 is 23.2 Å². The monoisotopic (exact) mass is 281 g/mol. The Hall–Kier alpha value is -1.36. The van der Waals surface area contributed by atoms with Crippen molar-refractivity contribution in [2.45, 2.75) is 45.1 Å². The summed E-state index contributed by atoms with van der Waals surface area (Å²) < 4.78 is 0. The van der Waals surface area contributed by atoms with Gasteiger partial charge in [-0.3, -0.25) is 4.79 Å². The Balaban J connectivity index is 2.09. The van der Waals surface area contributed by atoms with Gasteiger partial charge in [-0.2, -0.15) is 0 Å². The third-order valence-corrected chi connectivity index (χ3v) is 4.79. The highest BCUT2D eigenvalue weighted by Gasteiger charge is 2.37. The van der Waals surface area contributed by atoms with Crippen molar-refractivity contribution in [2.24, 2.45) is 5.41 Å². The van der Waals surface area contributed by atoms with Crippen LogP contribution in [0.5, 0.6) is 0 Å². The maximum Gasteiger partial charge on any atom is 0.331 e. The number of carboxylic acids is 1. The van der Waals surface area contributed by atoms with Gasteiger partial charge in [-0.1, -0.05) is 32.3 Å². The molecule has 0 spiro atoms. The Morgan fingerprint density at radius 1 is 1.37 bits per heavy atom. The van der Waals surface area contributed by atoms with Gasteiger partial charge in [-0.05, 0) is 24.3 Å². The second-order valence-electron chi connectivity index (χ2n) is 5.38. The van der Waals surface area contributed by atoms with Gasteiger partial charge < -0.3 is 10.4 Å². The quantitative estimate of drug-likeness (QED) is 0.891. The maximum atomic E-state index is 12.4. The van der Waals surface area contributed by atoms with Crippen LogP contribution in [0.4, 0.5) is 0 Å². The number of hydrogen-bond acceptors (Lipinski definition) is 3. The SMILES string of the molecule is CC1(C(=O)NC(C(=O)O)c2cccs2)CCCCC1. The van der Waals surface area contributed by atoms with Gasteiger partial charge >= 0.3 is 5.97 Å². The van der Waals surface area contributed by atoms with Gasteiger partial charge in [-0.15, -0.1) is 11.3 Å². The van der Waals surface area contributed by atoms with Crippen molar-refractivity contribution in [2.75, 3.05) is 0 Å². The molecule has 1 aromatic rings. The van der Waals surface area contributed by atoms with Crippen molar-refractivity contribution in [1.29, 1.82) is 0 Å². The lowest BCUT2D eigenvalue weighted by molar-refractivity contribution is -0.144. The first-order valence-electron chi connectivity index (χ1n) is 6.60. The first-order chi connectivity index (χ1) is 9.03. The Bertz CT molecular complexity index is 449. The summed E-state index contributed by atoms with van der Waals surface area (Å²) in [5, 5.41) is 13.8. The lowest BCUT2D eigenvalue weighted by atomic mass is 9.75. The molecule has 4 nitrogen and oxygen atoms in total. The fourth-order valence-corrected chi connectivity index (χ4v) is 3.34. The van der Waals surface area contributed by atoms with Crippen LogP contribution in [0.15, 0.2) is 17.5 Å². The topological polar surface area (TPSA) is 66.4 Å². The molecule has 1 aliphatic carbocycles. The highest BCUT2D eigenvalue weighted by atomic mass is 32.1. The fourth-order valence-electron chi connectivity index (χ4n) is 2.57. The molecule has 1 unspecified atom stereocenters. The molecule has 0 aromatic carbocycles. The molecule has 5 heteroatoms. The van der Waals surface area contributed by atoms with Crippen molar-refractivity contribution in [1.82, 2.24) is 5.32 Å². The molecule has 1 saturated carbocycles. The number of rotatable bonds is 4. The highest BCUT2D eigenvalue weighted by molar-refractivity contribution is 7.10. The highest BCUT2D eigenvalue weighted by Crippen LogP contribution is 2.36. The van der Waals surface area contributed by atoms with Crippen LogP contribution < -0.4 is 5.32 Å². The molecular weight excluding hydrogens is 262 g/mol. The molecule has 2 rings (SSSR count). The van der Waals surface area contributed by atoms with Crippen LogP contribution in [0.3, 0.4) is 0 Å². The van der Waals surface area contributed by atoms with E-state index < -0.39 is 17.4 Å². The fraction of sp³-hybridized carbons (Fsp3) is 0.571. The first kappa shape index (κ1) is 14.1. The second-order valence-corrected chi connectivity index (χ2v) is 6.36. The van der Waals surface area contributed by atoms with Gasteiger partial charge in [-0.25, -0.2) is 4.79 Å². The van der Waals surface area contributed by atoms with Crippen LogP contribution in [0.25, 0.3) is 0 Å². The minimum Gasteiger partial charge on any atom is -0.479 e. The predicted octanol–water partition coefficient (Wildman–Crippen LogP) is 2.96. The number of aliphatic carboxylic acids is 1. The number of carboxylic acid groups (broad SMARTS) is 1. The summed E-state index contributed by atoms with van der Waals surface area (Å²) >= 11 is 1.35. The van der Waals surface area contributed by atoms with Crippen LogP contribution in [0, 0.1) is 5.41 Å². The summed E-state index contributed by atoms with van der Waals surface area (Å²) in [7, 11) is 0. The van der Waals surface area contributed by atoms with Gasteiger partial charge in [0.25, 0.3) is 0 Å². The van der Waals surface area contributed by atoms with Crippen LogP contribution in [-0.4, -0.2) is 17.0 Å². The molecule has 0 aliphatic heterocycles. The number of nitrogens with one attached hydrogen (secondary N) is 1. The zero-order chi connectivity index (χ0) is 13.9. The van der Waals surface area contributed by atoms with E-state index in [2.05, 4.69) is 5.32 Å². The van der Waals surface area contributed by atoms with E-state index in [1.807, 2.05) is 12.3 Å². The molecule has 0 bridgehead atoms. The number of carbonyl (C=O) groups excluding carboxylic acids is 1. The van der Waals surface area contributed by atoms with Crippen LogP contribution in [0.2, 0.25) is 0 Å². The van der Waals surface area contributed by atoms with Gasteiger partial charge in [0.15, 0.2) is 6.04 Å². The van der Waals surface area contributed by atoms with E-state index in [-0.39, 0.29) is 5.91 Å². The molecule has 1 amide bonds. The number of amides is 1. The average molecular weight is 281 g/mol. The van der Waals surface area contributed by atoms with Crippen molar-refractivity contribution in [3.63, 3.8) is 0 Å². The van der Waals surface area contributed by atoms with E-state index in [1.54, 1.807) is 12.1 Å². The summed E-state index contributed by atoms with van der Waals surface area (Å²) in [6, 6.07) is 2.61. The van der Waals surface area contributed by atoms with E-state index in [0.29, 0.717) is 4.88 Å². The Labute approximate surface area is 116 Å². The third kappa shape index (κ3) is 3.15. The minimum absolute atomic E-state index is 0.131. The van der Waals surface area contributed by atoms with E-state index >= 15 is 0 Å². The largest absolute Gasteiger partial charge is 0.479 e. The number of thiophene rings is 1. The van der Waals surface area contributed by atoms with E-state index in [1.165, 1.54) is 11.3 Å². The molecule has 0 radical (unpaired) electrons. The smallest absolute Gasteiger partial charge is 0.331 e. The van der Waals surface area contributed by atoms with E-state index in [0.717, 1.165) is 32.1 Å². The zero-order valence-corrected chi connectivity index (χ0v) is 11.8. The van der Waals surface area contributed by atoms with Gasteiger partial charge in [0.1, 0.15) is 0 Å². The number of carbonyl (C=O) groups is 2. The molecule has 2 N–H and O–H groups in total. The molecule has 0 saturated heterocycles. The molecule has 1 heterocycles. The predicted molar refractivity (Wildman–Crippen MR) is 74.0 cm³/mol. The summed E-state index contributed by atoms with van der Waals surface area (Å²) in [4.78, 5) is 24.3. The Morgan fingerprint density at radius 2 is 2.05 bits per heavy atom. The molecule has 1 aliphatic rings. The second kappa shape index (κ2) is 5.74. The Kier molecular flexibility index (Phi) is 4.24. The van der Waals surface area contributed by atoms with E-state index in [9.17, 15) is 14.7 Å². The number of hydrogen-bond donors (Lipinski definition) is 2. The van der Waals surface area contributed by atoms with E-state index in [4.69, 9.17) is 0 Å². The normalized spacial score (nSPS) is 19.6. The van der Waals surface area contributed by atoms with Crippen molar-refractivity contribution in [3.05, 3.63) is 22.4 Å². The molecule has 1 atom stereocenters. The molecule has 19 heavy (non-hydrogen) atoms. The van der Waals surface area contributed by atoms with Gasteiger partial charge in [0, 0.05) is 10.3 Å². The van der Waals surface area contributed by atoms with Crippen LogP contribution in [-0.2, 0) is 9.59 Å². The lowest BCUT2D eigenvalue weighted by Crippen LogP contribution is -2.43. The summed E-state index contributed by atoms with van der Waals surface area (Å²) in [6.45, 7) is 1.94. The molecule has 104 valence electrons. The van der Waals surface area contributed by atoms with Gasteiger partial charge in [0.2, 0.25) is 5.91 Å².